The number of carbonyl (C=O) groups excluding carboxylic acids is 2. The molecule has 0 radical (unpaired) electrons. The molecular weight excluding hydrogens is 560 g/mol. The number of nitrogens with zero attached hydrogens (tertiary/aromatic N) is 1. The minimum absolute atomic E-state index is 0.169. The van der Waals surface area contributed by atoms with Gasteiger partial charge in [-0.15, -0.1) is 0 Å². The van der Waals surface area contributed by atoms with Crippen LogP contribution in [0.2, 0.25) is 0 Å². The number of amides is 1. The normalized spacial score (nSPS) is 15.6. The second-order valence-electron chi connectivity index (χ2n) is 9.46. The maximum Gasteiger partial charge on any atom is 0.339 e. The third-order valence-corrected chi connectivity index (χ3v) is 8.17. The number of ether oxygens (including phenoxy) is 1. The molecule has 7 heteroatoms. The molecule has 34 heavy (non-hydrogen) atoms. The number of aromatic nitrogens is 1. The Balaban J connectivity index is 1.59. The van der Waals surface area contributed by atoms with Gasteiger partial charge in [-0.05, 0) is 76.4 Å². The van der Waals surface area contributed by atoms with Crippen molar-refractivity contribution in [3.63, 3.8) is 0 Å². The van der Waals surface area contributed by atoms with Crippen LogP contribution < -0.4 is 5.32 Å². The maximum absolute atomic E-state index is 13.4. The summed E-state index contributed by atoms with van der Waals surface area (Å²) in [5.74, 6) is -0.416. The summed E-state index contributed by atoms with van der Waals surface area (Å²) < 4.78 is 7.17. The van der Waals surface area contributed by atoms with E-state index in [-0.39, 0.29) is 12.0 Å². The van der Waals surface area contributed by atoms with Crippen LogP contribution in [-0.2, 0) is 22.4 Å². The Bertz CT molecular complexity index is 1260. The lowest BCUT2D eigenvalue weighted by atomic mass is 9.68. The Labute approximate surface area is 216 Å². The van der Waals surface area contributed by atoms with Crippen molar-refractivity contribution in [1.29, 1.82) is 0 Å². The van der Waals surface area contributed by atoms with Gasteiger partial charge in [0.25, 0.3) is 5.91 Å². The first-order valence-corrected chi connectivity index (χ1v) is 13.1. The molecular formula is C27H28Br2N2O3. The van der Waals surface area contributed by atoms with Crippen molar-refractivity contribution < 1.29 is 14.3 Å². The highest BCUT2D eigenvalue weighted by Crippen LogP contribution is 2.41. The standard InChI is InChI=1S/C27H28Br2N2O3/c1-4-27(2,3)16-9-11-22-19(13-16)25(18-7-5-6-8-21(18)30-22)26(33)34-15-24(32)31-23-12-10-17(28)14-20(23)29/h5-8,10,12,14,16H,4,9,11,13,15H2,1-3H3,(H,31,32). The molecule has 2 aromatic carbocycles. The first-order valence-electron chi connectivity index (χ1n) is 11.5. The van der Waals surface area contributed by atoms with Crippen molar-refractivity contribution in [2.45, 2.75) is 46.5 Å². The zero-order valence-electron chi connectivity index (χ0n) is 19.6. The van der Waals surface area contributed by atoms with Crippen LogP contribution in [0.5, 0.6) is 0 Å². The summed E-state index contributed by atoms with van der Waals surface area (Å²) in [7, 11) is 0. The van der Waals surface area contributed by atoms with Crippen molar-refractivity contribution in [1.82, 2.24) is 4.98 Å². The molecule has 0 saturated carbocycles. The molecule has 1 N–H and O–H groups in total. The summed E-state index contributed by atoms with van der Waals surface area (Å²) in [5.41, 5.74) is 4.05. The van der Waals surface area contributed by atoms with E-state index in [0.717, 1.165) is 56.8 Å². The number of hydrogen-bond acceptors (Lipinski definition) is 4. The van der Waals surface area contributed by atoms with Gasteiger partial charge in [-0.2, -0.15) is 0 Å². The average molecular weight is 588 g/mol. The number of benzene rings is 2. The molecule has 1 aliphatic carbocycles. The van der Waals surface area contributed by atoms with E-state index < -0.39 is 11.9 Å². The average Bonchev–Trinajstić information content (AvgIpc) is 2.82. The van der Waals surface area contributed by atoms with Crippen molar-refractivity contribution >= 4 is 60.3 Å². The number of anilines is 1. The fraction of sp³-hybridized carbons (Fsp3) is 0.370. The highest BCUT2D eigenvalue weighted by molar-refractivity contribution is 9.11. The fourth-order valence-electron chi connectivity index (χ4n) is 4.56. The SMILES string of the molecule is CCC(C)(C)C1CCc2nc3ccccc3c(C(=O)OCC(=O)Nc3ccc(Br)cc3Br)c2C1. The second-order valence-corrected chi connectivity index (χ2v) is 11.2. The van der Waals surface area contributed by atoms with E-state index in [0.29, 0.717) is 17.2 Å². The molecule has 0 bridgehead atoms. The van der Waals surface area contributed by atoms with Gasteiger partial charge in [0.15, 0.2) is 6.61 Å². The van der Waals surface area contributed by atoms with Gasteiger partial charge < -0.3 is 10.1 Å². The van der Waals surface area contributed by atoms with Crippen LogP contribution in [0, 0.1) is 11.3 Å². The molecule has 5 nitrogen and oxygen atoms in total. The van der Waals surface area contributed by atoms with Gasteiger partial charge in [0.1, 0.15) is 0 Å². The number of nitrogens with one attached hydrogen (secondary N) is 1. The smallest absolute Gasteiger partial charge is 0.339 e. The molecule has 3 aromatic rings. The van der Waals surface area contributed by atoms with Gasteiger partial charge in [0, 0.05) is 20.0 Å². The summed E-state index contributed by atoms with van der Waals surface area (Å²) in [5, 5.41) is 3.56. The van der Waals surface area contributed by atoms with Gasteiger partial charge >= 0.3 is 5.97 Å². The molecule has 178 valence electrons. The molecule has 0 aliphatic heterocycles. The third-order valence-electron chi connectivity index (χ3n) is 7.02. The number of fused-ring (bicyclic) bond motifs is 2. The summed E-state index contributed by atoms with van der Waals surface area (Å²) in [6, 6.07) is 13.1. The van der Waals surface area contributed by atoms with Crippen LogP contribution in [0.25, 0.3) is 10.9 Å². The predicted molar refractivity (Wildman–Crippen MR) is 142 cm³/mol. The summed E-state index contributed by atoms with van der Waals surface area (Å²) >= 11 is 6.82. The van der Waals surface area contributed by atoms with E-state index in [9.17, 15) is 9.59 Å². The van der Waals surface area contributed by atoms with Crippen molar-refractivity contribution in [2.24, 2.45) is 11.3 Å². The largest absolute Gasteiger partial charge is 0.452 e. The lowest BCUT2D eigenvalue weighted by Crippen LogP contribution is -2.31. The van der Waals surface area contributed by atoms with Gasteiger partial charge in [-0.3, -0.25) is 9.78 Å². The molecule has 1 atom stereocenters. The Morgan fingerprint density at radius 1 is 1.18 bits per heavy atom. The van der Waals surface area contributed by atoms with Crippen molar-refractivity contribution in [2.75, 3.05) is 11.9 Å². The van der Waals surface area contributed by atoms with E-state index in [2.05, 4.69) is 57.9 Å². The maximum atomic E-state index is 13.4. The lowest BCUT2D eigenvalue weighted by Gasteiger charge is -2.37. The topological polar surface area (TPSA) is 68.3 Å². The second kappa shape index (κ2) is 10.2. The Morgan fingerprint density at radius 3 is 2.68 bits per heavy atom. The molecule has 1 heterocycles. The minimum Gasteiger partial charge on any atom is -0.452 e. The highest BCUT2D eigenvalue weighted by Gasteiger charge is 2.34. The summed E-state index contributed by atoms with van der Waals surface area (Å²) in [6.07, 6.45) is 3.75. The number of pyridine rings is 1. The number of esters is 1. The Hall–Kier alpha value is -2.25. The zero-order chi connectivity index (χ0) is 24.5. The predicted octanol–water partition coefficient (Wildman–Crippen LogP) is 7.10. The van der Waals surface area contributed by atoms with Gasteiger partial charge in [-0.25, -0.2) is 4.79 Å². The monoisotopic (exact) mass is 586 g/mol. The number of aryl methyl sites for hydroxylation is 1. The van der Waals surface area contributed by atoms with Crippen LogP contribution in [0.15, 0.2) is 51.4 Å². The first-order chi connectivity index (χ1) is 16.2. The zero-order valence-corrected chi connectivity index (χ0v) is 22.8. The van der Waals surface area contributed by atoms with E-state index in [1.165, 1.54) is 0 Å². The van der Waals surface area contributed by atoms with E-state index in [4.69, 9.17) is 9.72 Å². The number of rotatable bonds is 6. The van der Waals surface area contributed by atoms with E-state index in [1.807, 2.05) is 36.4 Å². The van der Waals surface area contributed by atoms with Gasteiger partial charge in [0.05, 0.1) is 16.8 Å². The molecule has 1 aliphatic rings. The lowest BCUT2D eigenvalue weighted by molar-refractivity contribution is -0.119. The first kappa shape index (κ1) is 24.9. The Kier molecular flexibility index (Phi) is 7.43. The van der Waals surface area contributed by atoms with Crippen molar-refractivity contribution in [3.05, 3.63) is 68.2 Å². The quantitative estimate of drug-likeness (QED) is 0.312. The highest BCUT2D eigenvalue weighted by atomic mass is 79.9. The number of halogens is 2. The number of para-hydroxylation sites is 1. The minimum atomic E-state index is -0.477. The fourth-order valence-corrected chi connectivity index (χ4v) is 5.70. The van der Waals surface area contributed by atoms with Gasteiger partial charge in [-0.1, -0.05) is 61.3 Å². The Morgan fingerprint density at radius 2 is 1.94 bits per heavy atom. The molecule has 4 rings (SSSR count). The molecule has 1 aromatic heterocycles. The molecule has 0 saturated heterocycles. The van der Waals surface area contributed by atoms with Crippen molar-refractivity contribution in [3.8, 4) is 0 Å². The summed E-state index contributed by atoms with van der Waals surface area (Å²) in [4.78, 5) is 30.8. The number of carbonyl (C=O) groups is 2. The van der Waals surface area contributed by atoms with Crippen LogP contribution in [0.1, 0.15) is 55.2 Å². The van der Waals surface area contributed by atoms with Crippen LogP contribution in [0.4, 0.5) is 5.69 Å². The van der Waals surface area contributed by atoms with Gasteiger partial charge in [0.2, 0.25) is 0 Å². The van der Waals surface area contributed by atoms with Crippen LogP contribution in [-0.4, -0.2) is 23.5 Å². The van der Waals surface area contributed by atoms with E-state index in [1.54, 1.807) is 6.07 Å². The number of hydrogen-bond donors (Lipinski definition) is 1. The van der Waals surface area contributed by atoms with E-state index >= 15 is 0 Å². The molecule has 0 spiro atoms. The third kappa shape index (κ3) is 5.20. The molecule has 0 fully saturated rings. The van der Waals surface area contributed by atoms with Crippen LogP contribution >= 0.6 is 31.9 Å². The summed E-state index contributed by atoms with van der Waals surface area (Å²) in [6.45, 7) is 6.43. The molecule has 1 amide bonds. The van der Waals surface area contributed by atoms with Crippen LogP contribution in [0.3, 0.4) is 0 Å². The molecule has 1 unspecified atom stereocenters.